The average molecular weight is 392 g/mol. The minimum atomic E-state index is -1.11. The second kappa shape index (κ2) is 7.35. The summed E-state index contributed by atoms with van der Waals surface area (Å²) in [6.45, 7) is 0. The first-order valence-corrected chi connectivity index (χ1v) is 9.09. The SMILES string of the molecule is COc1ccc(-n2cc(C(=O)O)c3c2C(c2ccccc2)CC(=O)N3)c(OC)c1. The Morgan fingerprint density at radius 3 is 2.55 bits per heavy atom. The zero-order valence-electron chi connectivity index (χ0n) is 16.0. The third kappa shape index (κ3) is 3.20. The van der Waals surface area contributed by atoms with Crippen LogP contribution in [0, 0.1) is 0 Å². The highest BCUT2D eigenvalue weighted by Gasteiger charge is 2.34. The second-order valence-corrected chi connectivity index (χ2v) is 6.73. The molecular weight excluding hydrogens is 372 g/mol. The highest BCUT2D eigenvalue weighted by molar-refractivity contribution is 6.04. The summed E-state index contributed by atoms with van der Waals surface area (Å²) in [7, 11) is 3.11. The van der Waals surface area contributed by atoms with Crippen LogP contribution in [0.15, 0.2) is 54.7 Å². The highest BCUT2D eigenvalue weighted by Crippen LogP contribution is 2.43. The summed E-state index contributed by atoms with van der Waals surface area (Å²) in [5.41, 5.74) is 2.66. The van der Waals surface area contributed by atoms with Crippen molar-refractivity contribution in [2.24, 2.45) is 0 Å². The molecule has 2 aromatic carbocycles. The molecule has 0 radical (unpaired) electrons. The van der Waals surface area contributed by atoms with E-state index < -0.39 is 5.97 Å². The van der Waals surface area contributed by atoms with E-state index in [1.54, 1.807) is 30.9 Å². The van der Waals surface area contributed by atoms with Crippen molar-refractivity contribution in [2.45, 2.75) is 12.3 Å². The number of carbonyl (C=O) groups is 2. The van der Waals surface area contributed by atoms with Crippen molar-refractivity contribution >= 4 is 17.6 Å². The van der Waals surface area contributed by atoms with Crippen LogP contribution in [0.2, 0.25) is 0 Å². The lowest BCUT2D eigenvalue weighted by Crippen LogP contribution is -2.25. The summed E-state index contributed by atoms with van der Waals surface area (Å²) in [6, 6.07) is 14.9. The monoisotopic (exact) mass is 392 g/mol. The topological polar surface area (TPSA) is 89.8 Å². The van der Waals surface area contributed by atoms with Gasteiger partial charge in [-0.3, -0.25) is 4.79 Å². The maximum atomic E-state index is 12.4. The molecule has 0 bridgehead atoms. The first-order chi connectivity index (χ1) is 14.0. The minimum absolute atomic E-state index is 0.0341. The highest BCUT2D eigenvalue weighted by atomic mass is 16.5. The smallest absolute Gasteiger partial charge is 0.339 e. The van der Waals surface area contributed by atoms with Gasteiger partial charge in [0.2, 0.25) is 5.91 Å². The van der Waals surface area contributed by atoms with Crippen molar-refractivity contribution in [1.82, 2.24) is 4.57 Å². The number of aromatic carboxylic acids is 1. The van der Waals surface area contributed by atoms with E-state index in [1.807, 2.05) is 36.4 Å². The number of fused-ring (bicyclic) bond motifs is 1. The van der Waals surface area contributed by atoms with Gasteiger partial charge < -0.3 is 24.5 Å². The molecule has 0 fully saturated rings. The van der Waals surface area contributed by atoms with E-state index >= 15 is 0 Å². The fourth-order valence-corrected chi connectivity index (χ4v) is 3.77. The lowest BCUT2D eigenvalue weighted by Gasteiger charge is -2.26. The van der Waals surface area contributed by atoms with E-state index in [-0.39, 0.29) is 23.8 Å². The Hall–Kier alpha value is -3.74. The standard InChI is InChI=1S/C22H20N2O5/c1-28-14-8-9-17(18(10-14)29-2)24-12-16(22(26)27)20-21(24)15(11-19(25)23-20)13-6-4-3-5-7-13/h3-10,12,15H,11H2,1-2H3,(H,23,25)(H,26,27). The number of aromatic nitrogens is 1. The predicted molar refractivity (Wildman–Crippen MR) is 107 cm³/mol. The molecule has 1 unspecified atom stereocenters. The summed E-state index contributed by atoms with van der Waals surface area (Å²) in [5.74, 6) is -0.463. The Labute approximate surface area is 167 Å². The van der Waals surface area contributed by atoms with E-state index in [1.165, 1.54) is 6.20 Å². The van der Waals surface area contributed by atoms with Crippen molar-refractivity contribution in [2.75, 3.05) is 19.5 Å². The average Bonchev–Trinajstić information content (AvgIpc) is 3.12. The molecule has 0 aliphatic carbocycles. The number of ether oxygens (including phenoxy) is 2. The Morgan fingerprint density at radius 2 is 1.90 bits per heavy atom. The second-order valence-electron chi connectivity index (χ2n) is 6.73. The van der Waals surface area contributed by atoms with Gasteiger partial charge in [-0.05, 0) is 17.7 Å². The number of carbonyl (C=O) groups excluding carboxylic acids is 1. The zero-order valence-corrected chi connectivity index (χ0v) is 16.0. The molecule has 0 spiro atoms. The normalized spacial score (nSPS) is 15.4. The summed E-state index contributed by atoms with van der Waals surface area (Å²) >= 11 is 0. The molecule has 1 aromatic heterocycles. The maximum Gasteiger partial charge on any atom is 0.339 e. The molecule has 2 heterocycles. The van der Waals surface area contributed by atoms with Crippen LogP contribution >= 0.6 is 0 Å². The first-order valence-electron chi connectivity index (χ1n) is 9.09. The van der Waals surface area contributed by atoms with Gasteiger partial charge in [0.1, 0.15) is 17.1 Å². The molecule has 1 aliphatic rings. The van der Waals surface area contributed by atoms with E-state index in [0.29, 0.717) is 28.6 Å². The van der Waals surface area contributed by atoms with Crippen LogP contribution < -0.4 is 14.8 Å². The van der Waals surface area contributed by atoms with Gasteiger partial charge in [-0.2, -0.15) is 0 Å². The number of anilines is 1. The third-order valence-electron chi connectivity index (χ3n) is 5.11. The lowest BCUT2D eigenvalue weighted by molar-refractivity contribution is -0.116. The molecule has 2 N–H and O–H groups in total. The van der Waals surface area contributed by atoms with Gasteiger partial charge in [0, 0.05) is 24.6 Å². The molecule has 148 valence electrons. The van der Waals surface area contributed by atoms with Gasteiger partial charge in [-0.1, -0.05) is 30.3 Å². The van der Waals surface area contributed by atoms with Gasteiger partial charge in [-0.15, -0.1) is 0 Å². The summed E-state index contributed by atoms with van der Waals surface area (Å²) in [4.78, 5) is 24.3. The van der Waals surface area contributed by atoms with Gasteiger partial charge in [-0.25, -0.2) is 4.79 Å². The fraction of sp³-hybridized carbons (Fsp3) is 0.182. The predicted octanol–water partition coefficient (Wildman–Crippen LogP) is 3.67. The van der Waals surface area contributed by atoms with Crippen LogP contribution in [0.4, 0.5) is 5.69 Å². The molecule has 3 aromatic rings. The molecule has 7 nitrogen and oxygen atoms in total. The molecular formula is C22H20N2O5. The van der Waals surface area contributed by atoms with E-state index in [0.717, 1.165) is 5.56 Å². The molecule has 1 aliphatic heterocycles. The minimum Gasteiger partial charge on any atom is -0.497 e. The quantitative estimate of drug-likeness (QED) is 0.692. The van der Waals surface area contributed by atoms with E-state index in [4.69, 9.17) is 9.47 Å². The number of carboxylic acid groups (broad SMARTS) is 1. The van der Waals surface area contributed by atoms with Crippen LogP contribution in [-0.2, 0) is 4.79 Å². The molecule has 29 heavy (non-hydrogen) atoms. The van der Waals surface area contributed by atoms with Crippen LogP contribution in [0.5, 0.6) is 11.5 Å². The van der Waals surface area contributed by atoms with Crippen molar-refractivity contribution in [3.63, 3.8) is 0 Å². The molecule has 7 heteroatoms. The van der Waals surface area contributed by atoms with Gasteiger partial charge in [0.15, 0.2) is 0 Å². The maximum absolute atomic E-state index is 12.4. The molecule has 0 saturated heterocycles. The van der Waals surface area contributed by atoms with Crippen LogP contribution in [0.1, 0.15) is 34.0 Å². The summed E-state index contributed by atoms with van der Waals surface area (Å²) in [6.07, 6.45) is 1.75. The Bertz CT molecular complexity index is 1090. The number of amides is 1. The third-order valence-corrected chi connectivity index (χ3v) is 5.11. The number of benzene rings is 2. The Balaban J connectivity index is 1.99. The number of methoxy groups -OCH3 is 2. The Morgan fingerprint density at radius 1 is 1.14 bits per heavy atom. The molecule has 0 saturated carbocycles. The first kappa shape index (κ1) is 18.6. The fourth-order valence-electron chi connectivity index (χ4n) is 3.77. The van der Waals surface area contributed by atoms with E-state index in [9.17, 15) is 14.7 Å². The number of rotatable bonds is 5. The van der Waals surface area contributed by atoms with Crippen molar-refractivity contribution < 1.29 is 24.2 Å². The van der Waals surface area contributed by atoms with Gasteiger partial charge in [0.25, 0.3) is 0 Å². The van der Waals surface area contributed by atoms with Gasteiger partial charge in [0.05, 0.1) is 31.3 Å². The molecule has 4 rings (SSSR count). The number of nitrogens with one attached hydrogen (secondary N) is 1. The number of nitrogens with zero attached hydrogens (tertiary/aromatic N) is 1. The largest absolute Gasteiger partial charge is 0.497 e. The number of hydrogen-bond donors (Lipinski definition) is 2. The van der Waals surface area contributed by atoms with Gasteiger partial charge >= 0.3 is 5.97 Å². The van der Waals surface area contributed by atoms with Crippen molar-refractivity contribution in [3.8, 4) is 17.2 Å². The number of hydrogen-bond acceptors (Lipinski definition) is 4. The molecule has 1 amide bonds. The van der Waals surface area contributed by atoms with E-state index in [2.05, 4.69) is 5.32 Å². The van der Waals surface area contributed by atoms with Crippen molar-refractivity contribution in [1.29, 1.82) is 0 Å². The number of carboxylic acids is 1. The molecule has 1 atom stereocenters. The van der Waals surface area contributed by atoms with Crippen molar-refractivity contribution in [3.05, 3.63) is 71.5 Å². The van der Waals surface area contributed by atoms with Crippen LogP contribution in [0.25, 0.3) is 5.69 Å². The van der Waals surface area contributed by atoms with Crippen LogP contribution in [0.3, 0.4) is 0 Å². The lowest BCUT2D eigenvalue weighted by atomic mass is 9.88. The summed E-state index contributed by atoms with van der Waals surface area (Å²) in [5, 5.41) is 12.5. The Kier molecular flexibility index (Phi) is 4.72. The summed E-state index contributed by atoms with van der Waals surface area (Å²) < 4.78 is 12.6. The van der Waals surface area contributed by atoms with Crippen LogP contribution in [-0.4, -0.2) is 35.8 Å². The zero-order chi connectivity index (χ0) is 20.5.